The lowest BCUT2D eigenvalue weighted by molar-refractivity contribution is -0.134. The van der Waals surface area contributed by atoms with Gasteiger partial charge >= 0.3 is 0 Å². The standard InChI is InChI=1S/C26H27ClN4O2S/c1-17(2)25(33)31-15-13-30(14-16-31)23-21(27)11-6-12-22(23)28-26(34)29-24(32)20-10-5-8-18-7-3-4-9-19(18)20/h3-12,17H,13-16H2,1-2H3,(H2,28,29,32,34). The number of anilines is 2. The van der Waals surface area contributed by atoms with Crippen molar-refractivity contribution in [1.82, 2.24) is 10.2 Å². The summed E-state index contributed by atoms with van der Waals surface area (Å²) in [6.07, 6.45) is 0. The van der Waals surface area contributed by atoms with Crippen molar-refractivity contribution in [3.63, 3.8) is 0 Å². The van der Waals surface area contributed by atoms with Crippen LogP contribution < -0.4 is 15.5 Å². The van der Waals surface area contributed by atoms with Crippen LogP contribution in [0.5, 0.6) is 0 Å². The Morgan fingerprint density at radius 3 is 2.35 bits per heavy atom. The fourth-order valence-corrected chi connectivity index (χ4v) is 4.70. The molecule has 176 valence electrons. The number of amides is 2. The number of halogens is 1. The summed E-state index contributed by atoms with van der Waals surface area (Å²) in [6.45, 7) is 6.41. The maximum absolute atomic E-state index is 13.0. The number of thiocarbonyl (C=S) groups is 1. The van der Waals surface area contributed by atoms with Crippen LogP contribution in [0.3, 0.4) is 0 Å². The monoisotopic (exact) mass is 494 g/mol. The lowest BCUT2D eigenvalue weighted by Crippen LogP contribution is -2.50. The normalized spacial score (nSPS) is 13.8. The molecule has 1 fully saturated rings. The van der Waals surface area contributed by atoms with Gasteiger partial charge in [-0.05, 0) is 41.2 Å². The van der Waals surface area contributed by atoms with Crippen LogP contribution in [-0.2, 0) is 4.79 Å². The van der Waals surface area contributed by atoms with Gasteiger partial charge in [-0.1, -0.05) is 67.9 Å². The molecule has 6 nitrogen and oxygen atoms in total. The van der Waals surface area contributed by atoms with E-state index in [1.54, 1.807) is 6.07 Å². The van der Waals surface area contributed by atoms with Crippen molar-refractivity contribution in [3.05, 3.63) is 71.2 Å². The van der Waals surface area contributed by atoms with Crippen molar-refractivity contribution < 1.29 is 9.59 Å². The molecule has 1 aliphatic heterocycles. The summed E-state index contributed by atoms with van der Waals surface area (Å²) in [4.78, 5) is 29.3. The quantitative estimate of drug-likeness (QED) is 0.504. The number of rotatable bonds is 4. The zero-order valence-electron chi connectivity index (χ0n) is 19.2. The lowest BCUT2D eigenvalue weighted by atomic mass is 10.0. The first-order chi connectivity index (χ1) is 16.3. The van der Waals surface area contributed by atoms with Gasteiger partial charge in [-0.2, -0.15) is 0 Å². The molecule has 0 bridgehead atoms. The Morgan fingerprint density at radius 2 is 1.62 bits per heavy atom. The first-order valence-corrected chi connectivity index (χ1v) is 12.1. The second-order valence-corrected chi connectivity index (χ2v) is 9.35. The second kappa shape index (κ2) is 10.4. The molecular formula is C26H27ClN4O2S. The molecule has 34 heavy (non-hydrogen) atoms. The third kappa shape index (κ3) is 5.16. The Labute approximate surface area is 209 Å². The molecule has 0 atom stereocenters. The molecular weight excluding hydrogens is 468 g/mol. The minimum Gasteiger partial charge on any atom is -0.365 e. The number of piperazine rings is 1. The largest absolute Gasteiger partial charge is 0.365 e. The molecule has 1 heterocycles. The molecule has 8 heteroatoms. The fourth-order valence-electron chi connectivity index (χ4n) is 4.20. The predicted octanol–water partition coefficient (Wildman–Crippen LogP) is 4.92. The second-order valence-electron chi connectivity index (χ2n) is 8.54. The van der Waals surface area contributed by atoms with Crippen molar-refractivity contribution in [2.75, 3.05) is 36.4 Å². The highest BCUT2D eigenvalue weighted by atomic mass is 35.5. The number of carbonyl (C=O) groups excluding carboxylic acids is 2. The summed E-state index contributed by atoms with van der Waals surface area (Å²) in [5.41, 5.74) is 2.07. The molecule has 2 N–H and O–H groups in total. The fraction of sp³-hybridized carbons (Fsp3) is 0.269. The molecule has 3 aromatic rings. The van der Waals surface area contributed by atoms with Crippen LogP contribution in [0.2, 0.25) is 5.02 Å². The zero-order valence-corrected chi connectivity index (χ0v) is 20.7. The van der Waals surface area contributed by atoms with Crippen LogP contribution in [0.15, 0.2) is 60.7 Å². The third-order valence-corrected chi connectivity index (χ3v) is 6.41. The SMILES string of the molecule is CC(C)C(=O)N1CCN(c2c(Cl)cccc2NC(=S)NC(=O)c2cccc3ccccc23)CC1. The summed E-state index contributed by atoms with van der Waals surface area (Å²) in [5, 5.41) is 8.55. The summed E-state index contributed by atoms with van der Waals surface area (Å²) in [7, 11) is 0. The topological polar surface area (TPSA) is 64.7 Å². The molecule has 0 aliphatic carbocycles. The average Bonchev–Trinajstić information content (AvgIpc) is 2.83. The minimum absolute atomic E-state index is 0.0215. The van der Waals surface area contributed by atoms with E-state index in [0.717, 1.165) is 16.5 Å². The first kappa shape index (κ1) is 24.0. The zero-order chi connectivity index (χ0) is 24.2. The maximum atomic E-state index is 13.0. The van der Waals surface area contributed by atoms with E-state index < -0.39 is 0 Å². The number of nitrogens with one attached hydrogen (secondary N) is 2. The van der Waals surface area contributed by atoms with Gasteiger partial charge in [-0.25, -0.2) is 0 Å². The van der Waals surface area contributed by atoms with Crippen LogP contribution in [-0.4, -0.2) is 48.0 Å². The van der Waals surface area contributed by atoms with E-state index in [4.69, 9.17) is 23.8 Å². The summed E-state index contributed by atoms with van der Waals surface area (Å²) >= 11 is 12.0. The van der Waals surface area contributed by atoms with E-state index in [2.05, 4.69) is 15.5 Å². The van der Waals surface area contributed by atoms with E-state index in [9.17, 15) is 9.59 Å². The molecule has 0 unspecified atom stereocenters. The Morgan fingerprint density at radius 1 is 0.941 bits per heavy atom. The number of carbonyl (C=O) groups is 2. The highest BCUT2D eigenvalue weighted by molar-refractivity contribution is 7.80. The molecule has 0 spiro atoms. The maximum Gasteiger partial charge on any atom is 0.258 e. The van der Waals surface area contributed by atoms with E-state index in [1.807, 2.05) is 73.3 Å². The number of benzene rings is 3. The van der Waals surface area contributed by atoms with Gasteiger partial charge in [-0.15, -0.1) is 0 Å². The van der Waals surface area contributed by atoms with E-state index >= 15 is 0 Å². The third-order valence-electron chi connectivity index (χ3n) is 5.90. The molecule has 4 rings (SSSR count). The van der Waals surface area contributed by atoms with Gasteiger partial charge in [-0.3, -0.25) is 14.9 Å². The highest BCUT2D eigenvalue weighted by Gasteiger charge is 2.25. The Hall–Kier alpha value is -3.16. The molecule has 1 saturated heterocycles. The van der Waals surface area contributed by atoms with Crippen molar-refractivity contribution in [2.45, 2.75) is 13.8 Å². The molecule has 0 aromatic heterocycles. The highest BCUT2D eigenvalue weighted by Crippen LogP contribution is 2.34. The first-order valence-electron chi connectivity index (χ1n) is 11.3. The lowest BCUT2D eigenvalue weighted by Gasteiger charge is -2.38. The van der Waals surface area contributed by atoms with Gasteiger partial charge in [0.25, 0.3) is 5.91 Å². The van der Waals surface area contributed by atoms with Crippen molar-refractivity contribution in [1.29, 1.82) is 0 Å². The molecule has 1 aliphatic rings. The van der Waals surface area contributed by atoms with Crippen molar-refractivity contribution in [3.8, 4) is 0 Å². The smallest absolute Gasteiger partial charge is 0.258 e. The van der Waals surface area contributed by atoms with Crippen LogP contribution in [0.1, 0.15) is 24.2 Å². The molecule has 0 saturated carbocycles. The van der Waals surface area contributed by atoms with E-state index in [-0.39, 0.29) is 22.8 Å². The van der Waals surface area contributed by atoms with Crippen molar-refractivity contribution in [2.24, 2.45) is 5.92 Å². The van der Waals surface area contributed by atoms with E-state index in [1.165, 1.54) is 0 Å². The number of para-hydroxylation sites is 1. The summed E-state index contributed by atoms with van der Waals surface area (Å²) in [6, 6.07) is 18.9. The Bertz CT molecular complexity index is 1230. The predicted molar refractivity (Wildman–Crippen MR) is 143 cm³/mol. The van der Waals surface area contributed by atoms with Gasteiger partial charge in [0.2, 0.25) is 5.91 Å². The van der Waals surface area contributed by atoms with E-state index in [0.29, 0.717) is 42.5 Å². The van der Waals surface area contributed by atoms with Gasteiger partial charge in [0.05, 0.1) is 16.4 Å². The molecule has 0 radical (unpaired) electrons. The number of fused-ring (bicyclic) bond motifs is 1. The Balaban J connectivity index is 1.47. The molecule has 2 amide bonds. The Kier molecular flexibility index (Phi) is 7.34. The molecule has 3 aromatic carbocycles. The summed E-state index contributed by atoms with van der Waals surface area (Å²) in [5.74, 6) is -0.139. The summed E-state index contributed by atoms with van der Waals surface area (Å²) < 4.78 is 0. The van der Waals surface area contributed by atoms with Crippen LogP contribution in [0.4, 0.5) is 11.4 Å². The average molecular weight is 495 g/mol. The van der Waals surface area contributed by atoms with Crippen molar-refractivity contribution >= 4 is 62.9 Å². The van der Waals surface area contributed by atoms with Gasteiger partial charge in [0.15, 0.2) is 5.11 Å². The number of hydrogen-bond donors (Lipinski definition) is 2. The van der Waals surface area contributed by atoms with Crippen LogP contribution >= 0.6 is 23.8 Å². The minimum atomic E-state index is -0.279. The van der Waals surface area contributed by atoms with Gasteiger partial charge < -0.3 is 15.1 Å². The van der Waals surface area contributed by atoms with Gasteiger partial charge in [0.1, 0.15) is 0 Å². The number of hydrogen-bond acceptors (Lipinski definition) is 4. The van der Waals surface area contributed by atoms with Crippen LogP contribution in [0, 0.1) is 5.92 Å². The van der Waals surface area contributed by atoms with Gasteiger partial charge in [0, 0.05) is 37.7 Å². The number of nitrogens with zero attached hydrogens (tertiary/aromatic N) is 2. The van der Waals surface area contributed by atoms with Crippen LogP contribution in [0.25, 0.3) is 10.8 Å².